The second-order valence-corrected chi connectivity index (χ2v) is 5.62. The molecule has 1 aromatic carbocycles. The van der Waals surface area contributed by atoms with Crippen molar-refractivity contribution in [2.75, 3.05) is 7.11 Å². The van der Waals surface area contributed by atoms with Crippen LogP contribution >= 0.6 is 11.3 Å². The van der Waals surface area contributed by atoms with Crippen LogP contribution in [0, 0.1) is 6.92 Å². The number of aryl methyl sites for hydroxylation is 1. The minimum atomic E-state index is -0.925. The first-order valence-corrected chi connectivity index (χ1v) is 6.99. The van der Waals surface area contributed by atoms with E-state index in [-0.39, 0.29) is 0 Å². The number of carboxylic acids is 1. The number of methoxy groups -OCH3 is 1. The van der Waals surface area contributed by atoms with E-state index in [1.165, 1.54) is 6.08 Å². The van der Waals surface area contributed by atoms with Crippen molar-refractivity contribution in [2.45, 2.75) is 13.8 Å². The fourth-order valence-electron chi connectivity index (χ4n) is 1.97. The van der Waals surface area contributed by atoms with E-state index in [0.717, 1.165) is 32.2 Å². The van der Waals surface area contributed by atoms with E-state index in [1.807, 2.05) is 31.2 Å². The first-order chi connectivity index (χ1) is 9.51. The standard InChI is InChI=1S/C16H16O3S/c1-10-4-5-13(19-3)12(8-10)15-7-6-14(20-15)11(2)9-16(17)18/h4-9H,1-3H3,(H,17,18)/b11-9+. The smallest absolute Gasteiger partial charge is 0.328 e. The molecule has 104 valence electrons. The highest BCUT2D eigenvalue weighted by Crippen LogP contribution is 2.37. The summed E-state index contributed by atoms with van der Waals surface area (Å²) >= 11 is 1.56. The molecule has 4 heteroatoms. The molecule has 0 saturated carbocycles. The molecule has 1 heterocycles. The highest BCUT2D eigenvalue weighted by atomic mass is 32.1. The lowest BCUT2D eigenvalue weighted by molar-refractivity contribution is -0.131. The molecule has 0 atom stereocenters. The minimum absolute atomic E-state index is 0.750. The van der Waals surface area contributed by atoms with Gasteiger partial charge < -0.3 is 9.84 Å². The number of thiophene rings is 1. The number of carbonyl (C=O) groups is 1. The third-order valence-corrected chi connectivity index (χ3v) is 4.21. The fourth-order valence-corrected chi connectivity index (χ4v) is 2.96. The second kappa shape index (κ2) is 5.92. The number of rotatable bonds is 4. The third-order valence-electron chi connectivity index (χ3n) is 2.96. The summed E-state index contributed by atoms with van der Waals surface area (Å²) < 4.78 is 5.39. The average Bonchev–Trinajstić information content (AvgIpc) is 2.87. The van der Waals surface area contributed by atoms with Gasteiger partial charge in [0.25, 0.3) is 0 Å². The van der Waals surface area contributed by atoms with Crippen LogP contribution in [0.3, 0.4) is 0 Å². The maximum absolute atomic E-state index is 10.7. The fraction of sp³-hybridized carbons (Fsp3) is 0.188. The summed E-state index contributed by atoms with van der Waals surface area (Å²) in [6.07, 6.45) is 1.23. The van der Waals surface area contributed by atoms with Gasteiger partial charge in [0.05, 0.1) is 7.11 Å². The van der Waals surface area contributed by atoms with E-state index in [0.29, 0.717) is 0 Å². The molecule has 0 aliphatic carbocycles. The minimum Gasteiger partial charge on any atom is -0.496 e. The van der Waals surface area contributed by atoms with E-state index in [1.54, 1.807) is 25.4 Å². The Morgan fingerprint density at radius 3 is 2.70 bits per heavy atom. The Morgan fingerprint density at radius 2 is 2.05 bits per heavy atom. The molecular formula is C16H16O3S. The zero-order chi connectivity index (χ0) is 14.7. The summed E-state index contributed by atoms with van der Waals surface area (Å²) in [5.41, 5.74) is 2.95. The molecule has 0 unspecified atom stereocenters. The van der Waals surface area contributed by atoms with Crippen molar-refractivity contribution >= 4 is 22.9 Å². The van der Waals surface area contributed by atoms with E-state index < -0.39 is 5.97 Å². The summed E-state index contributed by atoms with van der Waals surface area (Å²) in [5.74, 6) is -0.102. The topological polar surface area (TPSA) is 46.5 Å². The molecule has 2 aromatic rings. The lowest BCUT2D eigenvalue weighted by atomic mass is 10.1. The number of carboxylic acid groups (broad SMARTS) is 1. The predicted octanol–water partition coefficient (Wildman–Crippen LogP) is 4.22. The highest BCUT2D eigenvalue weighted by molar-refractivity contribution is 7.16. The summed E-state index contributed by atoms with van der Waals surface area (Å²) in [6, 6.07) is 9.97. The first-order valence-electron chi connectivity index (χ1n) is 6.17. The van der Waals surface area contributed by atoms with Crippen molar-refractivity contribution in [1.82, 2.24) is 0 Å². The Morgan fingerprint density at radius 1 is 1.30 bits per heavy atom. The van der Waals surface area contributed by atoms with Gasteiger partial charge in [-0.05, 0) is 43.7 Å². The van der Waals surface area contributed by atoms with Crippen LogP contribution in [0.15, 0.2) is 36.4 Å². The monoisotopic (exact) mass is 288 g/mol. The summed E-state index contributed by atoms with van der Waals surface area (Å²) in [6.45, 7) is 3.84. The Labute approximate surface area is 122 Å². The second-order valence-electron chi connectivity index (χ2n) is 4.53. The van der Waals surface area contributed by atoms with E-state index >= 15 is 0 Å². The van der Waals surface area contributed by atoms with E-state index in [2.05, 4.69) is 6.07 Å². The van der Waals surface area contributed by atoms with Crippen LogP contribution in [0.5, 0.6) is 5.75 Å². The average molecular weight is 288 g/mol. The lowest BCUT2D eigenvalue weighted by Crippen LogP contribution is -1.88. The zero-order valence-corrected chi connectivity index (χ0v) is 12.5. The van der Waals surface area contributed by atoms with Crippen molar-refractivity contribution in [2.24, 2.45) is 0 Å². The zero-order valence-electron chi connectivity index (χ0n) is 11.6. The van der Waals surface area contributed by atoms with Gasteiger partial charge in [0.2, 0.25) is 0 Å². The van der Waals surface area contributed by atoms with Crippen LogP contribution in [0.25, 0.3) is 16.0 Å². The Hall–Kier alpha value is -2.07. The summed E-state index contributed by atoms with van der Waals surface area (Å²) in [5, 5.41) is 8.80. The first kappa shape index (κ1) is 14.3. The van der Waals surface area contributed by atoms with Gasteiger partial charge >= 0.3 is 5.97 Å². The van der Waals surface area contributed by atoms with Crippen LogP contribution in [0.1, 0.15) is 17.4 Å². The number of hydrogen-bond acceptors (Lipinski definition) is 3. The molecule has 0 saturated heterocycles. The van der Waals surface area contributed by atoms with Crippen molar-refractivity contribution in [3.8, 4) is 16.2 Å². The van der Waals surface area contributed by atoms with Gasteiger partial charge in [0, 0.05) is 21.4 Å². The van der Waals surface area contributed by atoms with Crippen LogP contribution in [-0.4, -0.2) is 18.2 Å². The van der Waals surface area contributed by atoms with E-state index in [4.69, 9.17) is 9.84 Å². The van der Waals surface area contributed by atoms with Gasteiger partial charge in [-0.2, -0.15) is 0 Å². The van der Waals surface area contributed by atoms with Crippen LogP contribution in [0.2, 0.25) is 0 Å². The quantitative estimate of drug-likeness (QED) is 0.857. The Kier molecular flexibility index (Phi) is 4.25. The molecule has 0 spiro atoms. The molecule has 0 amide bonds. The summed E-state index contributed by atoms with van der Waals surface area (Å²) in [4.78, 5) is 12.7. The van der Waals surface area contributed by atoms with Gasteiger partial charge in [0.1, 0.15) is 5.75 Å². The lowest BCUT2D eigenvalue weighted by Gasteiger charge is -2.07. The number of ether oxygens (including phenoxy) is 1. The molecular weight excluding hydrogens is 272 g/mol. The van der Waals surface area contributed by atoms with E-state index in [9.17, 15) is 4.79 Å². The largest absolute Gasteiger partial charge is 0.496 e. The number of allylic oxidation sites excluding steroid dienone is 1. The molecule has 0 bridgehead atoms. The van der Waals surface area contributed by atoms with Gasteiger partial charge in [-0.3, -0.25) is 0 Å². The van der Waals surface area contributed by atoms with Crippen LogP contribution in [-0.2, 0) is 4.79 Å². The molecule has 0 fully saturated rings. The maximum Gasteiger partial charge on any atom is 0.328 e. The molecule has 0 aliphatic heterocycles. The Bertz CT molecular complexity index is 668. The molecule has 0 radical (unpaired) electrons. The third kappa shape index (κ3) is 3.08. The molecule has 20 heavy (non-hydrogen) atoms. The highest BCUT2D eigenvalue weighted by Gasteiger charge is 2.10. The predicted molar refractivity (Wildman–Crippen MR) is 82.3 cm³/mol. The molecule has 1 aromatic heterocycles. The maximum atomic E-state index is 10.7. The van der Waals surface area contributed by atoms with Gasteiger partial charge in [-0.1, -0.05) is 11.6 Å². The van der Waals surface area contributed by atoms with Crippen LogP contribution < -0.4 is 4.74 Å². The van der Waals surface area contributed by atoms with Gasteiger partial charge in [0.15, 0.2) is 0 Å². The van der Waals surface area contributed by atoms with Crippen molar-refractivity contribution in [3.05, 3.63) is 46.8 Å². The van der Waals surface area contributed by atoms with Gasteiger partial charge in [-0.25, -0.2) is 4.79 Å². The molecule has 2 rings (SSSR count). The molecule has 3 nitrogen and oxygen atoms in total. The van der Waals surface area contributed by atoms with Gasteiger partial charge in [-0.15, -0.1) is 11.3 Å². The molecule has 0 aliphatic rings. The SMILES string of the molecule is COc1ccc(C)cc1-c1ccc(/C(C)=C/C(=O)O)s1. The number of benzene rings is 1. The van der Waals surface area contributed by atoms with Crippen molar-refractivity contribution in [1.29, 1.82) is 0 Å². The van der Waals surface area contributed by atoms with Crippen molar-refractivity contribution in [3.63, 3.8) is 0 Å². The normalized spacial score (nSPS) is 11.4. The molecule has 1 N–H and O–H groups in total. The van der Waals surface area contributed by atoms with Crippen LogP contribution in [0.4, 0.5) is 0 Å². The van der Waals surface area contributed by atoms with Crippen molar-refractivity contribution < 1.29 is 14.6 Å². The Balaban J connectivity index is 2.43. The number of aliphatic carboxylic acids is 1. The summed E-state index contributed by atoms with van der Waals surface area (Å²) in [7, 11) is 1.65. The number of hydrogen-bond donors (Lipinski definition) is 1.